The van der Waals surface area contributed by atoms with Gasteiger partial charge in [0.1, 0.15) is 17.4 Å². The smallest absolute Gasteiger partial charge is 0.243 e. The zero-order valence-electron chi connectivity index (χ0n) is 18.6. The number of piperidine rings is 1. The Balaban J connectivity index is 1.42. The lowest BCUT2D eigenvalue weighted by molar-refractivity contribution is 0.141. The molecule has 3 heterocycles. The number of piperazine rings is 1. The van der Waals surface area contributed by atoms with Crippen LogP contribution in [0.4, 0.5) is 5.82 Å². The van der Waals surface area contributed by atoms with Crippen LogP contribution in [0.15, 0.2) is 39.8 Å². The summed E-state index contributed by atoms with van der Waals surface area (Å²) in [6.07, 6.45) is 5.48. The van der Waals surface area contributed by atoms with E-state index >= 15 is 0 Å². The highest BCUT2D eigenvalue weighted by atomic mass is 79.9. The molecule has 2 aromatic rings. The van der Waals surface area contributed by atoms with Crippen LogP contribution in [-0.4, -0.2) is 74.0 Å². The van der Waals surface area contributed by atoms with Gasteiger partial charge in [-0.15, -0.1) is 0 Å². The van der Waals surface area contributed by atoms with Gasteiger partial charge in [0.15, 0.2) is 0 Å². The molecule has 1 aromatic carbocycles. The number of halogens is 1. The van der Waals surface area contributed by atoms with Crippen molar-refractivity contribution in [1.29, 1.82) is 0 Å². The van der Waals surface area contributed by atoms with Gasteiger partial charge in [0, 0.05) is 45.5 Å². The molecule has 1 atom stereocenters. The van der Waals surface area contributed by atoms with Gasteiger partial charge in [-0.1, -0.05) is 0 Å². The molecule has 2 saturated heterocycles. The predicted octanol–water partition coefficient (Wildman–Crippen LogP) is 3.31. The number of benzene rings is 1. The number of sulfonamides is 1. The topological polar surface area (TPSA) is 78.9 Å². The molecule has 0 saturated carbocycles. The van der Waals surface area contributed by atoms with E-state index in [-0.39, 0.29) is 6.04 Å². The largest absolute Gasteiger partial charge is 0.497 e. The first-order chi connectivity index (χ1) is 15.4. The number of methoxy groups -OCH3 is 1. The number of hydrogen-bond donors (Lipinski definition) is 0. The Morgan fingerprint density at radius 1 is 1.00 bits per heavy atom. The van der Waals surface area contributed by atoms with Crippen molar-refractivity contribution in [3.63, 3.8) is 0 Å². The maximum Gasteiger partial charge on any atom is 0.243 e. The average Bonchev–Trinajstić information content (AvgIpc) is 2.84. The Morgan fingerprint density at radius 2 is 1.66 bits per heavy atom. The molecule has 2 fully saturated rings. The van der Waals surface area contributed by atoms with Crippen LogP contribution in [0.3, 0.4) is 0 Å². The van der Waals surface area contributed by atoms with Crippen molar-refractivity contribution in [1.82, 2.24) is 19.2 Å². The highest BCUT2D eigenvalue weighted by Gasteiger charge is 2.31. The fourth-order valence-corrected chi connectivity index (χ4v) is 6.16. The molecule has 2 aliphatic heterocycles. The van der Waals surface area contributed by atoms with Crippen molar-refractivity contribution in [2.75, 3.05) is 51.3 Å². The summed E-state index contributed by atoms with van der Waals surface area (Å²) in [5.41, 5.74) is 0. The Labute approximate surface area is 198 Å². The zero-order valence-corrected chi connectivity index (χ0v) is 21.0. The summed E-state index contributed by atoms with van der Waals surface area (Å²) in [5.74, 6) is 2.38. The van der Waals surface area contributed by atoms with E-state index in [2.05, 4.69) is 37.6 Å². The standard InChI is InChI=1S/C22H30BrN5O3S/c1-17(21-24-16-20(23)22(25-21)27-10-4-3-5-11-27)26-12-14-28(15-13-26)32(29,30)19-8-6-18(31-2)7-9-19/h6-9,16-17H,3-5,10-15H2,1-2H3. The van der Waals surface area contributed by atoms with Gasteiger partial charge in [0.2, 0.25) is 10.0 Å². The first kappa shape index (κ1) is 23.4. The van der Waals surface area contributed by atoms with E-state index in [1.165, 1.54) is 19.3 Å². The van der Waals surface area contributed by atoms with Crippen molar-refractivity contribution >= 4 is 31.8 Å². The van der Waals surface area contributed by atoms with Crippen LogP contribution in [-0.2, 0) is 10.0 Å². The minimum atomic E-state index is -3.52. The van der Waals surface area contributed by atoms with Crippen LogP contribution in [0.2, 0.25) is 0 Å². The van der Waals surface area contributed by atoms with Crippen molar-refractivity contribution < 1.29 is 13.2 Å². The van der Waals surface area contributed by atoms with Gasteiger partial charge >= 0.3 is 0 Å². The monoisotopic (exact) mass is 523 g/mol. The van der Waals surface area contributed by atoms with Gasteiger partial charge in [0.25, 0.3) is 0 Å². The van der Waals surface area contributed by atoms with Gasteiger partial charge < -0.3 is 9.64 Å². The molecule has 10 heteroatoms. The molecule has 174 valence electrons. The first-order valence-corrected chi connectivity index (χ1v) is 13.3. The van der Waals surface area contributed by atoms with Crippen LogP contribution in [0.25, 0.3) is 0 Å². The van der Waals surface area contributed by atoms with Crippen LogP contribution < -0.4 is 9.64 Å². The lowest BCUT2D eigenvalue weighted by Crippen LogP contribution is -2.49. The minimum absolute atomic E-state index is 0.0116. The molecular weight excluding hydrogens is 494 g/mol. The van der Waals surface area contributed by atoms with Gasteiger partial charge in [-0.25, -0.2) is 18.4 Å². The first-order valence-electron chi connectivity index (χ1n) is 11.1. The number of rotatable bonds is 6. The maximum absolute atomic E-state index is 13.0. The maximum atomic E-state index is 13.0. The summed E-state index contributed by atoms with van der Waals surface area (Å²) in [6.45, 7) is 6.28. The van der Waals surface area contributed by atoms with Crippen LogP contribution in [0.5, 0.6) is 5.75 Å². The molecule has 0 N–H and O–H groups in total. The van der Waals surface area contributed by atoms with E-state index in [9.17, 15) is 8.42 Å². The fraction of sp³-hybridized carbons (Fsp3) is 0.545. The van der Waals surface area contributed by atoms with Gasteiger partial charge in [-0.05, 0) is 66.4 Å². The number of ether oxygens (including phenoxy) is 1. The van der Waals surface area contributed by atoms with E-state index in [0.717, 1.165) is 29.2 Å². The molecule has 1 unspecified atom stereocenters. The second-order valence-electron chi connectivity index (χ2n) is 8.24. The molecule has 0 aliphatic carbocycles. The van der Waals surface area contributed by atoms with Gasteiger partial charge in [0.05, 0.1) is 22.5 Å². The van der Waals surface area contributed by atoms with E-state index in [4.69, 9.17) is 9.72 Å². The van der Waals surface area contributed by atoms with Gasteiger partial charge in [-0.3, -0.25) is 4.90 Å². The van der Waals surface area contributed by atoms with E-state index < -0.39 is 10.0 Å². The molecule has 8 nitrogen and oxygen atoms in total. The SMILES string of the molecule is COc1ccc(S(=O)(=O)N2CCN(C(C)c3ncc(Br)c(N4CCCCC4)n3)CC2)cc1. The summed E-state index contributed by atoms with van der Waals surface area (Å²) in [5, 5.41) is 0. The van der Waals surface area contributed by atoms with Crippen LogP contribution in [0, 0.1) is 0 Å². The molecule has 2 aliphatic rings. The Bertz CT molecular complexity index is 1020. The molecule has 0 spiro atoms. The molecule has 0 radical (unpaired) electrons. The third-order valence-corrected chi connectivity index (χ3v) is 8.76. The Hall–Kier alpha value is -1.75. The lowest BCUT2D eigenvalue weighted by Gasteiger charge is -2.37. The Morgan fingerprint density at radius 3 is 2.28 bits per heavy atom. The number of aromatic nitrogens is 2. The molecule has 0 amide bonds. The second-order valence-corrected chi connectivity index (χ2v) is 11.0. The van der Waals surface area contributed by atoms with E-state index in [1.807, 2.05) is 6.20 Å². The third-order valence-electron chi connectivity index (χ3n) is 6.29. The lowest BCUT2D eigenvalue weighted by atomic mass is 10.1. The number of nitrogens with zero attached hydrogens (tertiary/aromatic N) is 5. The fourth-order valence-electron chi connectivity index (χ4n) is 4.29. The molecule has 0 bridgehead atoms. The summed E-state index contributed by atoms with van der Waals surface area (Å²) in [4.78, 5) is 14.3. The van der Waals surface area contributed by atoms with Crippen LogP contribution in [0.1, 0.15) is 38.1 Å². The van der Waals surface area contributed by atoms with Crippen molar-refractivity contribution in [2.45, 2.75) is 37.1 Å². The summed E-state index contributed by atoms with van der Waals surface area (Å²) < 4.78 is 33.7. The second kappa shape index (κ2) is 10.0. The van der Waals surface area contributed by atoms with Crippen molar-refractivity contribution in [3.05, 3.63) is 40.8 Å². The molecule has 32 heavy (non-hydrogen) atoms. The van der Waals surface area contributed by atoms with E-state index in [1.54, 1.807) is 35.7 Å². The van der Waals surface area contributed by atoms with Crippen molar-refractivity contribution in [3.8, 4) is 5.75 Å². The minimum Gasteiger partial charge on any atom is -0.497 e. The summed E-state index contributed by atoms with van der Waals surface area (Å²) in [7, 11) is -1.96. The Kier molecular flexibility index (Phi) is 7.34. The molecule has 1 aromatic heterocycles. The summed E-state index contributed by atoms with van der Waals surface area (Å²) >= 11 is 3.61. The third kappa shape index (κ3) is 4.93. The normalized spacial score (nSPS) is 19.7. The predicted molar refractivity (Wildman–Crippen MR) is 128 cm³/mol. The van der Waals surface area contributed by atoms with E-state index in [0.29, 0.717) is 36.8 Å². The van der Waals surface area contributed by atoms with Gasteiger partial charge in [-0.2, -0.15) is 4.31 Å². The quantitative estimate of drug-likeness (QED) is 0.574. The highest BCUT2D eigenvalue weighted by Crippen LogP contribution is 2.29. The molecular formula is C22H30BrN5O3S. The van der Waals surface area contributed by atoms with Crippen molar-refractivity contribution in [2.24, 2.45) is 0 Å². The average molecular weight is 524 g/mol. The van der Waals surface area contributed by atoms with Crippen LogP contribution >= 0.6 is 15.9 Å². The zero-order chi connectivity index (χ0) is 22.7. The summed E-state index contributed by atoms with van der Waals surface area (Å²) in [6, 6.07) is 6.56. The number of anilines is 1. The highest BCUT2D eigenvalue weighted by molar-refractivity contribution is 9.10. The number of hydrogen-bond acceptors (Lipinski definition) is 7. The molecule has 4 rings (SSSR count).